The zero-order valence-electron chi connectivity index (χ0n) is 9.82. The van der Waals surface area contributed by atoms with Crippen molar-refractivity contribution in [3.63, 3.8) is 0 Å². The lowest BCUT2D eigenvalue weighted by Gasteiger charge is -2.07. The molecule has 4 heteroatoms. The van der Waals surface area contributed by atoms with Gasteiger partial charge in [-0.25, -0.2) is 4.79 Å². The summed E-state index contributed by atoms with van der Waals surface area (Å²) in [6.45, 7) is 1.67. The molecule has 92 valence electrons. The summed E-state index contributed by atoms with van der Waals surface area (Å²) in [4.78, 5) is 11.2. The Balaban J connectivity index is 1.50. The quantitative estimate of drug-likeness (QED) is 0.735. The fraction of sp³-hybridized carbons (Fsp3) is 0.462. The second-order valence-electron chi connectivity index (χ2n) is 4.21. The number of ether oxygens (including phenoxy) is 1. The maximum absolute atomic E-state index is 11.2. The molecule has 1 saturated carbocycles. The van der Waals surface area contributed by atoms with Crippen LogP contribution in [0.2, 0.25) is 0 Å². The molecule has 0 aromatic heterocycles. The van der Waals surface area contributed by atoms with Gasteiger partial charge in [-0.2, -0.15) is 0 Å². The Morgan fingerprint density at radius 1 is 1.29 bits per heavy atom. The standard InChI is InChI=1S/C13H18N2O2/c16-13(15-12-6-7-12)14-8-9-17-10-11-4-2-1-3-5-11/h1-5,12H,6-10H2,(H2,14,15,16). The van der Waals surface area contributed by atoms with E-state index < -0.39 is 0 Å². The summed E-state index contributed by atoms with van der Waals surface area (Å²) < 4.78 is 5.45. The van der Waals surface area contributed by atoms with Crippen molar-refractivity contribution in [2.24, 2.45) is 0 Å². The van der Waals surface area contributed by atoms with Crippen molar-refractivity contribution in [3.05, 3.63) is 35.9 Å². The third-order valence-electron chi connectivity index (χ3n) is 2.56. The van der Waals surface area contributed by atoms with E-state index in [1.54, 1.807) is 0 Å². The molecule has 0 aliphatic heterocycles. The minimum absolute atomic E-state index is 0.0872. The van der Waals surface area contributed by atoms with Crippen LogP contribution in [0.3, 0.4) is 0 Å². The number of urea groups is 1. The summed E-state index contributed by atoms with van der Waals surface area (Å²) in [7, 11) is 0. The van der Waals surface area contributed by atoms with Crippen LogP contribution in [-0.2, 0) is 11.3 Å². The lowest BCUT2D eigenvalue weighted by atomic mass is 10.2. The maximum atomic E-state index is 11.2. The second-order valence-corrected chi connectivity index (χ2v) is 4.21. The molecule has 0 spiro atoms. The molecule has 0 unspecified atom stereocenters. The summed E-state index contributed by atoms with van der Waals surface area (Å²) in [6.07, 6.45) is 2.22. The SMILES string of the molecule is O=C(NCCOCc1ccccc1)NC1CC1. The molecule has 0 bridgehead atoms. The molecule has 0 heterocycles. The number of hydrogen-bond donors (Lipinski definition) is 2. The Labute approximate surface area is 101 Å². The van der Waals surface area contributed by atoms with E-state index in [2.05, 4.69) is 10.6 Å². The molecular formula is C13H18N2O2. The highest BCUT2D eigenvalue weighted by atomic mass is 16.5. The summed E-state index contributed by atoms with van der Waals surface area (Å²) in [6, 6.07) is 10.3. The van der Waals surface area contributed by atoms with Gasteiger partial charge < -0.3 is 15.4 Å². The number of rotatable bonds is 6. The van der Waals surface area contributed by atoms with Crippen molar-refractivity contribution in [2.75, 3.05) is 13.2 Å². The topological polar surface area (TPSA) is 50.4 Å². The first kappa shape index (κ1) is 11.9. The fourth-order valence-corrected chi connectivity index (χ4v) is 1.47. The molecule has 1 fully saturated rings. The van der Waals surface area contributed by atoms with Crippen LogP contribution in [0.5, 0.6) is 0 Å². The smallest absolute Gasteiger partial charge is 0.315 e. The molecule has 1 aromatic rings. The van der Waals surface area contributed by atoms with Crippen molar-refractivity contribution >= 4 is 6.03 Å². The van der Waals surface area contributed by atoms with Crippen molar-refractivity contribution in [2.45, 2.75) is 25.5 Å². The van der Waals surface area contributed by atoms with E-state index in [0.717, 1.165) is 18.4 Å². The van der Waals surface area contributed by atoms with Crippen molar-refractivity contribution < 1.29 is 9.53 Å². The average molecular weight is 234 g/mol. The summed E-state index contributed by atoms with van der Waals surface area (Å²) in [5, 5.41) is 5.62. The first-order valence-electron chi connectivity index (χ1n) is 6.00. The fourth-order valence-electron chi connectivity index (χ4n) is 1.47. The number of nitrogens with one attached hydrogen (secondary N) is 2. The number of carbonyl (C=O) groups is 1. The Bertz CT molecular complexity index is 350. The number of benzene rings is 1. The normalized spacial score (nSPS) is 14.4. The largest absolute Gasteiger partial charge is 0.375 e. The molecule has 1 aromatic carbocycles. The van der Waals surface area contributed by atoms with Crippen LogP contribution in [0.25, 0.3) is 0 Å². The minimum Gasteiger partial charge on any atom is -0.375 e. The van der Waals surface area contributed by atoms with Crippen LogP contribution in [0, 0.1) is 0 Å². The maximum Gasteiger partial charge on any atom is 0.315 e. The zero-order valence-corrected chi connectivity index (χ0v) is 9.82. The number of hydrogen-bond acceptors (Lipinski definition) is 2. The van der Waals surface area contributed by atoms with E-state index in [4.69, 9.17) is 4.74 Å². The van der Waals surface area contributed by atoms with E-state index in [1.165, 1.54) is 0 Å². The highest BCUT2D eigenvalue weighted by Gasteiger charge is 2.22. The molecule has 2 N–H and O–H groups in total. The second kappa shape index (κ2) is 6.25. The molecule has 17 heavy (non-hydrogen) atoms. The Hall–Kier alpha value is -1.55. The molecule has 4 nitrogen and oxygen atoms in total. The van der Waals surface area contributed by atoms with E-state index >= 15 is 0 Å². The first-order chi connectivity index (χ1) is 8.34. The van der Waals surface area contributed by atoms with E-state index in [0.29, 0.717) is 25.8 Å². The lowest BCUT2D eigenvalue weighted by Crippen LogP contribution is -2.38. The van der Waals surface area contributed by atoms with Crippen LogP contribution in [0.15, 0.2) is 30.3 Å². The minimum atomic E-state index is -0.0872. The highest BCUT2D eigenvalue weighted by Crippen LogP contribution is 2.18. The van der Waals surface area contributed by atoms with Gasteiger partial charge in [0.15, 0.2) is 0 Å². The third-order valence-corrected chi connectivity index (χ3v) is 2.56. The van der Waals surface area contributed by atoms with Crippen molar-refractivity contribution in [3.8, 4) is 0 Å². The van der Waals surface area contributed by atoms with Crippen LogP contribution < -0.4 is 10.6 Å². The van der Waals surface area contributed by atoms with E-state index in [-0.39, 0.29) is 6.03 Å². The van der Waals surface area contributed by atoms with Gasteiger partial charge in [0.25, 0.3) is 0 Å². The van der Waals surface area contributed by atoms with Gasteiger partial charge in [-0.15, -0.1) is 0 Å². The van der Waals surface area contributed by atoms with Gasteiger partial charge in [-0.3, -0.25) is 0 Å². The average Bonchev–Trinajstić information content (AvgIpc) is 3.14. The van der Waals surface area contributed by atoms with Gasteiger partial charge in [0, 0.05) is 12.6 Å². The summed E-state index contributed by atoms with van der Waals surface area (Å²) in [5.41, 5.74) is 1.15. The molecule has 0 saturated heterocycles. The van der Waals surface area contributed by atoms with Crippen LogP contribution in [0.4, 0.5) is 4.79 Å². The van der Waals surface area contributed by atoms with Gasteiger partial charge in [0.05, 0.1) is 13.2 Å². The van der Waals surface area contributed by atoms with Gasteiger partial charge >= 0.3 is 6.03 Å². The molecular weight excluding hydrogens is 216 g/mol. The summed E-state index contributed by atoms with van der Waals surface area (Å²) in [5.74, 6) is 0. The van der Waals surface area contributed by atoms with Crippen molar-refractivity contribution in [1.29, 1.82) is 0 Å². The van der Waals surface area contributed by atoms with E-state index in [1.807, 2.05) is 30.3 Å². The summed E-state index contributed by atoms with van der Waals surface area (Å²) >= 11 is 0. The molecule has 2 amide bonds. The van der Waals surface area contributed by atoms with Gasteiger partial charge in [-0.1, -0.05) is 30.3 Å². The van der Waals surface area contributed by atoms with Gasteiger partial charge in [0.1, 0.15) is 0 Å². The molecule has 2 rings (SSSR count). The third kappa shape index (κ3) is 4.87. The monoisotopic (exact) mass is 234 g/mol. The predicted octanol–water partition coefficient (Wildman–Crippen LogP) is 1.66. The number of amides is 2. The predicted molar refractivity (Wildman–Crippen MR) is 65.7 cm³/mol. The highest BCUT2D eigenvalue weighted by molar-refractivity contribution is 5.74. The van der Waals surface area contributed by atoms with Gasteiger partial charge in [-0.05, 0) is 18.4 Å². The Morgan fingerprint density at radius 3 is 2.76 bits per heavy atom. The zero-order chi connectivity index (χ0) is 11.9. The molecule has 1 aliphatic carbocycles. The Morgan fingerprint density at radius 2 is 2.06 bits per heavy atom. The lowest BCUT2D eigenvalue weighted by molar-refractivity contribution is 0.123. The van der Waals surface area contributed by atoms with Crippen LogP contribution in [0.1, 0.15) is 18.4 Å². The van der Waals surface area contributed by atoms with Crippen LogP contribution in [-0.4, -0.2) is 25.2 Å². The van der Waals surface area contributed by atoms with Gasteiger partial charge in [0.2, 0.25) is 0 Å². The first-order valence-corrected chi connectivity index (χ1v) is 6.00. The molecule has 1 aliphatic rings. The van der Waals surface area contributed by atoms with Crippen LogP contribution >= 0.6 is 0 Å². The van der Waals surface area contributed by atoms with Crippen molar-refractivity contribution in [1.82, 2.24) is 10.6 Å². The molecule has 0 radical (unpaired) electrons. The molecule has 0 atom stereocenters. The van der Waals surface area contributed by atoms with E-state index in [9.17, 15) is 4.79 Å². The Kier molecular flexibility index (Phi) is 4.38. The number of carbonyl (C=O) groups excluding carboxylic acids is 1.